The Morgan fingerprint density at radius 3 is 2.46 bits per heavy atom. The zero-order chi connectivity index (χ0) is 18.8. The molecule has 1 aromatic carbocycles. The largest absolute Gasteiger partial charge is 0.493 e. The second-order valence-electron chi connectivity index (χ2n) is 6.48. The van der Waals surface area contributed by atoms with Crippen LogP contribution in [-0.4, -0.2) is 43.8 Å². The fourth-order valence-corrected chi connectivity index (χ4v) is 3.44. The number of hydrogen-bond acceptors (Lipinski definition) is 4. The summed E-state index contributed by atoms with van der Waals surface area (Å²) in [5, 5.41) is 3.28. The van der Waals surface area contributed by atoms with E-state index in [1.54, 1.807) is 12.1 Å². The van der Waals surface area contributed by atoms with Gasteiger partial charge in [0, 0.05) is 18.7 Å². The summed E-state index contributed by atoms with van der Waals surface area (Å²) in [6.07, 6.45) is 6.39. The Morgan fingerprint density at radius 1 is 1.12 bits per heavy atom. The summed E-state index contributed by atoms with van der Waals surface area (Å²) < 4.78 is 10.9. The number of likely N-dealkylation sites (tertiary alicyclic amines) is 1. The molecule has 1 amide bonds. The second-order valence-corrected chi connectivity index (χ2v) is 7.30. The third-order valence-corrected chi connectivity index (χ3v) is 4.94. The van der Waals surface area contributed by atoms with Crippen LogP contribution in [0.2, 0.25) is 10.0 Å². The predicted molar refractivity (Wildman–Crippen MR) is 107 cm³/mol. The molecule has 5 nitrogen and oxygen atoms in total. The van der Waals surface area contributed by atoms with Gasteiger partial charge in [-0.15, -0.1) is 0 Å². The van der Waals surface area contributed by atoms with E-state index in [9.17, 15) is 4.79 Å². The number of rotatable bonds is 9. The quantitative estimate of drug-likeness (QED) is 0.546. The van der Waals surface area contributed by atoms with Crippen LogP contribution in [0.15, 0.2) is 12.1 Å². The van der Waals surface area contributed by atoms with E-state index in [0.717, 1.165) is 38.9 Å². The molecule has 1 aromatic rings. The number of halogens is 2. The van der Waals surface area contributed by atoms with E-state index in [1.807, 2.05) is 0 Å². The van der Waals surface area contributed by atoms with Gasteiger partial charge in [-0.3, -0.25) is 10.2 Å². The van der Waals surface area contributed by atoms with Crippen molar-refractivity contribution in [2.24, 2.45) is 0 Å². The summed E-state index contributed by atoms with van der Waals surface area (Å²) in [7, 11) is 0. The van der Waals surface area contributed by atoms with Gasteiger partial charge in [0.25, 0.3) is 0 Å². The minimum Gasteiger partial charge on any atom is -0.493 e. The van der Waals surface area contributed by atoms with E-state index in [4.69, 9.17) is 32.7 Å². The number of ether oxygens (including phenoxy) is 2. The Morgan fingerprint density at radius 2 is 1.81 bits per heavy atom. The highest BCUT2D eigenvalue weighted by Gasteiger charge is 2.14. The van der Waals surface area contributed by atoms with Crippen molar-refractivity contribution in [3.8, 4) is 5.75 Å². The van der Waals surface area contributed by atoms with Gasteiger partial charge in [-0.2, -0.15) is 0 Å². The van der Waals surface area contributed by atoms with Crippen LogP contribution in [-0.2, 0) is 4.74 Å². The molecule has 0 aliphatic carbocycles. The Bertz CT molecular complexity index is 555. The van der Waals surface area contributed by atoms with Crippen LogP contribution in [0.1, 0.15) is 45.4 Å². The highest BCUT2D eigenvalue weighted by Crippen LogP contribution is 2.35. The fourth-order valence-electron chi connectivity index (χ4n) is 2.88. The van der Waals surface area contributed by atoms with Gasteiger partial charge in [0.05, 0.1) is 22.3 Å². The van der Waals surface area contributed by atoms with Crippen molar-refractivity contribution in [3.05, 3.63) is 22.2 Å². The number of amides is 1. The fraction of sp³-hybridized carbons (Fsp3) is 0.632. The lowest BCUT2D eigenvalue weighted by Gasteiger charge is -2.25. The number of piperidine rings is 1. The molecule has 1 heterocycles. The van der Waals surface area contributed by atoms with Crippen molar-refractivity contribution in [1.29, 1.82) is 0 Å². The van der Waals surface area contributed by atoms with Crippen LogP contribution in [0.5, 0.6) is 5.75 Å². The number of carbonyl (C=O) groups is 1. The average Bonchev–Trinajstić information content (AvgIpc) is 2.63. The molecule has 0 bridgehead atoms. The maximum absolute atomic E-state index is 12.0. The minimum absolute atomic E-state index is 0.330. The lowest BCUT2D eigenvalue weighted by Crippen LogP contribution is -2.33. The number of hydrogen-bond donors (Lipinski definition) is 1. The van der Waals surface area contributed by atoms with Gasteiger partial charge in [0.1, 0.15) is 12.4 Å². The van der Waals surface area contributed by atoms with Gasteiger partial charge in [-0.25, -0.2) is 4.79 Å². The highest BCUT2D eigenvalue weighted by atomic mass is 35.5. The number of anilines is 1. The van der Waals surface area contributed by atoms with Gasteiger partial charge in [0.2, 0.25) is 0 Å². The average molecular weight is 403 g/mol. The summed E-state index contributed by atoms with van der Waals surface area (Å²) in [5.74, 6) is 0.597. The van der Waals surface area contributed by atoms with Gasteiger partial charge >= 0.3 is 6.09 Å². The van der Waals surface area contributed by atoms with Crippen LogP contribution in [0, 0.1) is 0 Å². The first-order valence-corrected chi connectivity index (χ1v) is 10.1. The van der Waals surface area contributed by atoms with E-state index in [0.29, 0.717) is 34.7 Å². The molecular formula is C19H28Cl2N2O3. The van der Waals surface area contributed by atoms with E-state index in [1.165, 1.54) is 19.3 Å². The first kappa shape index (κ1) is 21.1. The summed E-state index contributed by atoms with van der Waals surface area (Å²) in [6, 6.07) is 3.31. The Labute approximate surface area is 165 Å². The maximum Gasteiger partial charge on any atom is 0.411 e. The summed E-state index contributed by atoms with van der Waals surface area (Å²) >= 11 is 12.5. The van der Waals surface area contributed by atoms with Crippen molar-refractivity contribution in [1.82, 2.24) is 4.90 Å². The predicted octanol–water partition coefficient (Wildman–Crippen LogP) is 5.60. The minimum atomic E-state index is -0.553. The van der Waals surface area contributed by atoms with E-state index >= 15 is 0 Å². The summed E-state index contributed by atoms with van der Waals surface area (Å²) in [6.45, 7) is 6.00. The molecule has 1 aliphatic rings. The third-order valence-electron chi connectivity index (χ3n) is 4.35. The molecule has 1 saturated heterocycles. The van der Waals surface area contributed by atoms with Crippen molar-refractivity contribution in [3.63, 3.8) is 0 Å². The molecule has 0 spiro atoms. The number of nitrogens with zero attached hydrogens (tertiary/aromatic N) is 1. The van der Waals surface area contributed by atoms with Crippen molar-refractivity contribution in [2.75, 3.05) is 38.2 Å². The zero-order valence-electron chi connectivity index (χ0n) is 15.4. The molecule has 0 unspecified atom stereocenters. The normalized spacial score (nSPS) is 14.9. The molecule has 26 heavy (non-hydrogen) atoms. The number of nitrogens with one attached hydrogen (secondary N) is 1. The molecule has 1 N–H and O–H groups in total. The number of carbonyl (C=O) groups excluding carboxylic acids is 1. The van der Waals surface area contributed by atoms with Crippen molar-refractivity contribution in [2.45, 2.75) is 45.4 Å². The van der Waals surface area contributed by atoms with Crippen molar-refractivity contribution >= 4 is 35.0 Å². The van der Waals surface area contributed by atoms with Gasteiger partial charge < -0.3 is 9.47 Å². The topological polar surface area (TPSA) is 50.8 Å². The lowest BCUT2D eigenvalue weighted by atomic mass is 10.1. The number of unbranched alkanes of at least 4 members (excludes halogenated alkanes) is 2. The van der Waals surface area contributed by atoms with Crippen LogP contribution >= 0.6 is 23.2 Å². The van der Waals surface area contributed by atoms with Crippen molar-refractivity contribution < 1.29 is 14.3 Å². The van der Waals surface area contributed by atoms with Crippen LogP contribution < -0.4 is 10.1 Å². The molecule has 0 atom stereocenters. The molecule has 1 aliphatic heterocycles. The zero-order valence-corrected chi connectivity index (χ0v) is 16.9. The Hall–Kier alpha value is -1.17. The lowest BCUT2D eigenvalue weighted by molar-refractivity contribution is 0.131. The Balaban J connectivity index is 1.78. The first-order chi connectivity index (χ1) is 12.6. The molecule has 146 valence electrons. The Kier molecular flexibility index (Phi) is 9.37. The first-order valence-electron chi connectivity index (χ1n) is 9.38. The van der Waals surface area contributed by atoms with E-state index in [2.05, 4.69) is 17.1 Å². The molecule has 2 rings (SSSR count). The molecule has 0 radical (unpaired) electrons. The van der Waals surface area contributed by atoms with Crippen LogP contribution in [0.4, 0.5) is 10.5 Å². The summed E-state index contributed by atoms with van der Waals surface area (Å²) in [4.78, 5) is 14.3. The van der Waals surface area contributed by atoms with Gasteiger partial charge in [0.15, 0.2) is 0 Å². The number of benzene rings is 1. The molecule has 0 aromatic heterocycles. The molecular weight excluding hydrogens is 375 g/mol. The smallest absolute Gasteiger partial charge is 0.411 e. The van der Waals surface area contributed by atoms with Crippen LogP contribution in [0.25, 0.3) is 0 Å². The van der Waals surface area contributed by atoms with E-state index in [-0.39, 0.29) is 0 Å². The highest BCUT2D eigenvalue weighted by molar-refractivity contribution is 6.39. The molecule has 1 fully saturated rings. The second kappa shape index (κ2) is 11.5. The summed E-state index contributed by atoms with van der Waals surface area (Å²) in [5.41, 5.74) is 0.345. The van der Waals surface area contributed by atoms with Gasteiger partial charge in [-0.1, -0.05) is 49.4 Å². The monoisotopic (exact) mass is 402 g/mol. The van der Waals surface area contributed by atoms with Gasteiger partial charge in [-0.05, 0) is 32.4 Å². The maximum atomic E-state index is 12.0. The standard InChI is InChI=1S/C19H28Cl2N2O3/c1-2-3-7-11-25-15-13-16(20)18(17(21)14-15)22-19(24)26-12-10-23-8-5-4-6-9-23/h13-14H,2-12H2,1H3,(H,22,24). The van der Waals surface area contributed by atoms with Crippen LogP contribution in [0.3, 0.4) is 0 Å². The molecule has 0 saturated carbocycles. The SMILES string of the molecule is CCCCCOc1cc(Cl)c(NC(=O)OCCN2CCCCC2)c(Cl)c1. The third kappa shape index (κ3) is 7.22. The molecule has 7 heteroatoms. The van der Waals surface area contributed by atoms with E-state index < -0.39 is 6.09 Å².